The summed E-state index contributed by atoms with van der Waals surface area (Å²) in [5.74, 6) is 0.612. The molecular formula is C21H15N7O. The fourth-order valence-corrected chi connectivity index (χ4v) is 3.52. The predicted molar refractivity (Wildman–Crippen MR) is 108 cm³/mol. The molecule has 0 amide bonds. The van der Waals surface area contributed by atoms with Crippen LogP contribution in [0, 0.1) is 11.3 Å². The summed E-state index contributed by atoms with van der Waals surface area (Å²) in [4.78, 5) is 28.8. The van der Waals surface area contributed by atoms with Crippen molar-refractivity contribution in [3.8, 4) is 11.9 Å². The monoisotopic (exact) mass is 381 g/mol. The lowest BCUT2D eigenvalue weighted by Gasteiger charge is -2.13. The average Bonchev–Trinajstić information content (AvgIpc) is 3.32. The summed E-state index contributed by atoms with van der Waals surface area (Å²) in [6.45, 7) is 1.94. The van der Waals surface area contributed by atoms with Crippen molar-refractivity contribution in [2.75, 3.05) is 0 Å². The van der Waals surface area contributed by atoms with E-state index in [1.54, 1.807) is 41.5 Å². The molecule has 5 aromatic rings. The third-order valence-electron chi connectivity index (χ3n) is 5.03. The molecule has 0 aliphatic heterocycles. The van der Waals surface area contributed by atoms with E-state index in [0.29, 0.717) is 22.5 Å². The Morgan fingerprint density at radius 2 is 2.10 bits per heavy atom. The number of benzene rings is 1. The van der Waals surface area contributed by atoms with E-state index in [-0.39, 0.29) is 11.7 Å². The fourth-order valence-electron chi connectivity index (χ4n) is 3.52. The first kappa shape index (κ1) is 16.9. The van der Waals surface area contributed by atoms with Gasteiger partial charge < -0.3 is 4.98 Å². The van der Waals surface area contributed by atoms with E-state index < -0.39 is 0 Å². The number of rotatable bonds is 3. The number of aromatic amines is 1. The molecule has 1 aromatic carbocycles. The number of hydrogen-bond acceptors (Lipinski definition) is 5. The lowest BCUT2D eigenvalue weighted by Crippen LogP contribution is -2.21. The minimum absolute atomic E-state index is 0.233. The van der Waals surface area contributed by atoms with Crippen LogP contribution < -0.4 is 5.69 Å². The van der Waals surface area contributed by atoms with E-state index in [9.17, 15) is 10.1 Å². The summed E-state index contributed by atoms with van der Waals surface area (Å²) in [5.41, 5.74) is 3.96. The van der Waals surface area contributed by atoms with Gasteiger partial charge in [0.05, 0.1) is 34.2 Å². The Morgan fingerprint density at radius 1 is 1.21 bits per heavy atom. The maximum Gasteiger partial charge on any atom is 0.328 e. The Kier molecular flexibility index (Phi) is 3.74. The molecule has 29 heavy (non-hydrogen) atoms. The molecule has 140 valence electrons. The second kappa shape index (κ2) is 6.42. The van der Waals surface area contributed by atoms with Crippen molar-refractivity contribution in [2.45, 2.75) is 13.0 Å². The van der Waals surface area contributed by atoms with Gasteiger partial charge in [0.1, 0.15) is 12.1 Å². The molecule has 8 nitrogen and oxygen atoms in total. The quantitative estimate of drug-likeness (QED) is 0.517. The maximum atomic E-state index is 12.6. The Labute approximate surface area is 164 Å². The van der Waals surface area contributed by atoms with E-state index >= 15 is 0 Å². The first-order valence-electron chi connectivity index (χ1n) is 9.04. The lowest BCUT2D eigenvalue weighted by atomic mass is 10.1. The van der Waals surface area contributed by atoms with Crippen molar-refractivity contribution in [3.05, 3.63) is 82.8 Å². The molecule has 1 atom stereocenters. The van der Waals surface area contributed by atoms with E-state index in [0.717, 1.165) is 16.6 Å². The minimum atomic E-state index is -0.238. The van der Waals surface area contributed by atoms with Gasteiger partial charge in [-0.1, -0.05) is 6.07 Å². The number of nitrogens with one attached hydrogen (secondary N) is 1. The number of hydrogen-bond donors (Lipinski definition) is 1. The molecule has 4 heterocycles. The molecule has 0 aliphatic carbocycles. The van der Waals surface area contributed by atoms with Gasteiger partial charge in [-0.15, -0.1) is 0 Å². The molecule has 1 unspecified atom stereocenters. The third kappa shape index (κ3) is 2.68. The summed E-state index contributed by atoms with van der Waals surface area (Å²) in [6.07, 6.45) is 5.11. The molecule has 1 N–H and O–H groups in total. The van der Waals surface area contributed by atoms with E-state index in [1.165, 1.54) is 0 Å². The molecule has 0 bridgehead atoms. The van der Waals surface area contributed by atoms with Crippen molar-refractivity contribution in [1.29, 1.82) is 5.26 Å². The van der Waals surface area contributed by atoms with Gasteiger partial charge in [0.15, 0.2) is 5.65 Å². The molecule has 0 aliphatic rings. The summed E-state index contributed by atoms with van der Waals surface area (Å²) in [5, 5.41) is 9.20. The van der Waals surface area contributed by atoms with Gasteiger partial charge in [-0.2, -0.15) is 5.26 Å². The highest BCUT2D eigenvalue weighted by atomic mass is 16.1. The summed E-state index contributed by atoms with van der Waals surface area (Å²) >= 11 is 0. The van der Waals surface area contributed by atoms with Crippen LogP contribution in [0.1, 0.15) is 24.1 Å². The van der Waals surface area contributed by atoms with Crippen LogP contribution >= 0.6 is 0 Å². The zero-order chi connectivity index (χ0) is 20.0. The summed E-state index contributed by atoms with van der Waals surface area (Å²) in [6, 6.07) is 14.6. The molecule has 0 radical (unpaired) electrons. The third-order valence-corrected chi connectivity index (χ3v) is 5.03. The second-order valence-corrected chi connectivity index (χ2v) is 6.73. The SMILES string of the molecule is CC(c1cccnc1)n1c(=O)[nH]c2ccc(-n3cnc4ccc(C#N)cc43)nc21. The van der Waals surface area contributed by atoms with Gasteiger partial charge in [-0.05, 0) is 48.9 Å². The number of fused-ring (bicyclic) bond motifs is 2. The van der Waals surface area contributed by atoms with E-state index in [2.05, 4.69) is 21.0 Å². The predicted octanol–water partition coefficient (Wildman–Crippen LogP) is 2.94. The number of aromatic nitrogens is 6. The topological polar surface area (TPSA) is 105 Å². The van der Waals surface area contributed by atoms with Crippen molar-refractivity contribution in [1.82, 2.24) is 29.1 Å². The van der Waals surface area contributed by atoms with Crippen LogP contribution in [0.5, 0.6) is 0 Å². The molecule has 8 heteroatoms. The number of nitrogens with zero attached hydrogens (tertiary/aromatic N) is 6. The lowest BCUT2D eigenvalue weighted by molar-refractivity contribution is 0.628. The van der Waals surface area contributed by atoms with Crippen LogP contribution in [0.4, 0.5) is 0 Å². The number of H-pyrrole nitrogens is 1. The number of imidazole rings is 2. The smallest absolute Gasteiger partial charge is 0.304 e. The highest BCUT2D eigenvalue weighted by Gasteiger charge is 2.17. The van der Waals surface area contributed by atoms with Gasteiger partial charge in [0, 0.05) is 12.4 Å². The molecule has 4 aromatic heterocycles. The van der Waals surface area contributed by atoms with Crippen LogP contribution in [-0.4, -0.2) is 29.1 Å². The molecular weight excluding hydrogens is 366 g/mol. The Morgan fingerprint density at radius 3 is 2.90 bits per heavy atom. The number of nitriles is 1. The molecule has 5 rings (SSSR count). The van der Waals surface area contributed by atoms with Crippen LogP contribution in [0.2, 0.25) is 0 Å². The first-order valence-corrected chi connectivity index (χ1v) is 9.04. The zero-order valence-corrected chi connectivity index (χ0v) is 15.4. The normalized spacial score (nSPS) is 12.3. The van der Waals surface area contributed by atoms with Gasteiger partial charge in [0.2, 0.25) is 0 Å². The zero-order valence-electron chi connectivity index (χ0n) is 15.4. The van der Waals surface area contributed by atoms with Crippen LogP contribution in [0.3, 0.4) is 0 Å². The van der Waals surface area contributed by atoms with Gasteiger partial charge >= 0.3 is 5.69 Å². The van der Waals surface area contributed by atoms with Crippen molar-refractivity contribution in [3.63, 3.8) is 0 Å². The Balaban J connectivity index is 1.70. The first-order chi connectivity index (χ1) is 14.2. The largest absolute Gasteiger partial charge is 0.328 e. The summed E-state index contributed by atoms with van der Waals surface area (Å²) in [7, 11) is 0. The maximum absolute atomic E-state index is 12.6. The molecule has 0 spiro atoms. The molecule has 0 saturated heterocycles. The molecule has 0 saturated carbocycles. The molecule has 0 fully saturated rings. The average molecular weight is 381 g/mol. The van der Waals surface area contributed by atoms with Crippen molar-refractivity contribution in [2.24, 2.45) is 0 Å². The highest BCUT2D eigenvalue weighted by Crippen LogP contribution is 2.23. The van der Waals surface area contributed by atoms with Gasteiger partial charge in [0.25, 0.3) is 0 Å². The minimum Gasteiger partial charge on any atom is -0.304 e. The van der Waals surface area contributed by atoms with Gasteiger partial charge in [-0.25, -0.2) is 14.8 Å². The van der Waals surface area contributed by atoms with Crippen molar-refractivity contribution >= 4 is 22.2 Å². The fraction of sp³-hybridized carbons (Fsp3) is 0.0952. The van der Waals surface area contributed by atoms with E-state index in [4.69, 9.17) is 4.98 Å². The van der Waals surface area contributed by atoms with E-state index in [1.807, 2.05) is 35.8 Å². The second-order valence-electron chi connectivity index (χ2n) is 6.73. The number of pyridine rings is 2. The Bertz CT molecular complexity index is 1450. The Hall–Kier alpha value is -4.25. The van der Waals surface area contributed by atoms with Gasteiger partial charge in [-0.3, -0.25) is 14.1 Å². The standard InChI is InChI=1S/C21H15N7O/c1-13(15-3-2-8-23-11-15)28-20-17(25-21(28)29)6-7-19(26-20)27-12-24-16-5-4-14(10-22)9-18(16)27/h2-9,11-13H,1H3,(H,25,29). The summed E-state index contributed by atoms with van der Waals surface area (Å²) < 4.78 is 3.43. The van der Waals surface area contributed by atoms with Crippen LogP contribution in [0.25, 0.3) is 28.0 Å². The van der Waals surface area contributed by atoms with Crippen molar-refractivity contribution < 1.29 is 0 Å². The van der Waals surface area contributed by atoms with Crippen LogP contribution in [-0.2, 0) is 0 Å². The van der Waals surface area contributed by atoms with Crippen LogP contribution in [0.15, 0.2) is 66.0 Å². The highest BCUT2D eigenvalue weighted by molar-refractivity contribution is 5.79.